The quantitative estimate of drug-likeness (QED) is 0.287. The van der Waals surface area contributed by atoms with Gasteiger partial charge < -0.3 is 9.47 Å². The molecular formula is C21H21Cl2N3O2S. The van der Waals surface area contributed by atoms with Gasteiger partial charge in [-0.15, -0.1) is 16.8 Å². The molecule has 29 heavy (non-hydrogen) atoms. The maximum absolute atomic E-state index is 6.11. The van der Waals surface area contributed by atoms with E-state index in [4.69, 9.17) is 32.7 Å². The van der Waals surface area contributed by atoms with Gasteiger partial charge >= 0.3 is 0 Å². The highest BCUT2D eigenvalue weighted by atomic mass is 35.5. The van der Waals surface area contributed by atoms with Gasteiger partial charge in [0.25, 0.3) is 0 Å². The second-order valence-corrected chi connectivity index (χ2v) is 7.97. The number of thioether (sulfide) groups is 1. The molecule has 0 fully saturated rings. The first-order valence-electron chi connectivity index (χ1n) is 8.93. The van der Waals surface area contributed by atoms with Gasteiger partial charge in [-0.05, 0) is 48.9 Å². The van der Waals surface area contributed by atoms with Crippen LogP contribution in [0.2, 0.25) is 10.0 Å². The second-order valence-electron chi connectivity index (χ2n) is 6.21. The van der Waals surface area contributed by atoms with Crippen molar-refractivity contribution in [2.24, 2.45) is 0 Å². The Morgan fingerprint density at radius 3 is 2.48 bits per heavy atom. The molecule has 5 nitrogen and oxygen atoms in total. The third-order valence-corrected chi connectivity index (χ3v) is 5.92. The van der Waals surface area contributed by atoms with Crippen LogP contribution in [0.25, 0.3) is 0 Å². The van der Waals surface area contributed by atoms with Crippen LogP contribution < -0.4 is 9.47 Å². The van der Waals surface area contributed by atoms with E-state index in [1.54, 1.807) is 24.9 Å². The van der Waals surface area contributed by atoms with E-state index in [9.17, 15) is 0 Å². The summed E-state index contributed by atoms with van der Waals surface area (Å²) >= 11 is 13.7. The number of benzene rings is 2. The van der Waals surface area contributed by atoms with Crippen molar-refractivity contribution < 1.29 is 9.47 Å². The molecule has 0 amide bonds. The van der Waals surface area contributed by atoms with Crippen LogP contribution in [0.5, 0.6) is 11.5 Å². The summed E-state index contributed by atoms with van der Waals surface area (Å²) in [4.78, 5) is 0. The van der Waals surface area contributed by atoms with Crippen LogP contribution in [-0.4, -0.2) is 21.9 Å². The molecule has 3 aromatic rings. The zero-order valence-electron chi connectivity index (χ0n) is 16.1. The molecule has 0 aliphatic heterocycles. The van der Waals surface area contributed by atoms with E-state index in [1.807, 2.05) is 54.0 Å². The van der Waals surface area contributed by atoms with Gasteiger partial charge in [0.15, 0.2) is 17.1 Å². The lowest BCUT2D eigenvalue weighted by atomic mass is 10.2. The Labute approximate surface area is 184 Å². The van der Waals surface area contributed by atoms with Crippen molar-refractivity contribution in [1.82, 2.24) is 14.8 Å². The Hall–Kier alpha value is -2.15. The zero-order valence-corrected chi connectivity index (χ0v) is 18.5. The summed E-state index contributed by atoms with van der Waals surface area (Å²) in [6, 6.07) is 13.1. The topological polar surface area (TPSA) is 49.2 Å². The van der Waals surface area contributed by atoms with Crippen LogP contribution in [0.1, 0.15) is 24.4 Å². The van der Waals surface area contributed by atoms with Crippen LogP contribution in [0, 0.1) is 0 Å². The van der Waals surface area contributed by atoms with Crippen molar-refractivity contribution in [3.8, 4) is 11.5 Å². The number of ether oxygens (including phenoxy) is 2. The normalized spacial score (nSPS) is 11.9. The molecule has 152 valence electrons. The summed E-state index contributed by atoms with van der Waals surface area (Å²) < 4.78 is 13.2. The average molecular weight is 450 g/mol. The van der Waals surface area contributed by atoms with Crippen molar-refractivity contribution >= 4 is 35.0 Å². The van der Waals surface area contributed by atoms with Crippen molar-refractivity contribution in [2.75, 3.05) is 7.11 Å². The third-order valence-electron chi connectivity index (χ3n) is 4.14. The highest BCUT2D eigenvalue weighted by molar-refractivity contribution is 7.98. The molecule has 0 N–H and O–H groups in total. The number of hydrogen-bond donors (Lipinski definition) is 0. The molecule has 0 saturated carbocycles. The highest BCUT2D eigenvalue weighted by Crippen LogP contribution is 2.29. The Morgan fingerprint density at radius 1 is 1.10 bits per heavy atom. The van der Waals surface area contributed by atoms with E-state index in [0.29, 0.717) is 22.3 Å². The number of rotatable bonds is 9. The summed E-state index contributed by atoms with van der Waals surface area (Å²) in [5, 5.41) is 10.6. The minimum absolute atomic E-state index is 0.282. The maximum atomic E-state index is 6.11. The van der Waals surface area contributed by atoms with Crippen molar-refractivity contribution in [2.45, 2.75) is 30.5 Å². The third kappa shape index (κ3) is 5.47. The van der Waals surface area contributed by atoms with Gasteiger partial charge in [0.1, 0.15) is 11.5 Å². The summed E-state index contributed by atoms with van der Waals surface area (Å²) in [6.45, 7) is 6.38. The van der Waals surface area contributed by atoms with Crippen molar-refractivity contribution in [3.63, 3.8) is 0 Å². The predicted octanol–water partition coefficient (Wildman–Crippen LogP) is 6.21. The number of halogens is 2. The molecule has 1 unspecified atom stereocenters. The van der Waals surface area contributed by atoms with Crippen molar-refractivity contribution in [1.29, 1.82) is 0 Å². The van der Waals surface area contributed by atoms with Crippen LogP contribution in [-0.2, 0) is 12.3 Å². The smallest absolute Gasteiger partial charge is 0.191 e. The van der Waals surface area contributed by atoms with Gasteiger partial charge in [-0.3, -0.25) is 4.57 Å². The van der Waals surface area contributed by atoms with E-state index in [-0.39, 0.29) is 6.10 Å². The lowest BCUT2D eigenvalue weighted by Gasteiger charge is -2.16. The van der Waals surface area contributed by atoms with Gasteiger partial charge in [-0.25, -0.2) is 0 Å². The van der Waals surface area contributed by atoms with Crippen molar-refractivity contribution in [3.05, 3.63) is 76.6 Å². The zero-order chi connectivity index (χ0) is 20.8. The van der Waals surface area contributed by atoms with E-state index in [2.05, 4.69) is 16.8 Å². The minimum Gasteiger partial charge on any atom is -0.497 e. The molecule has 1 aromatic heterocycles. The molecule has 1 heterocycles. The summed E-state index contributed by atoms with van der Waals surface area (Å²) in [6.07, 6.45) is 1.53. The molecule has 0 aliphatic carbocycles. The summed E-state index contributed by atoms with van der Waals surface area (Å²) in [5.74, 6) is 2.94. The molecule has 0 saturated heterocycles. The molecule has 0 spiro atoms. The standard InChI is InChI=1S/C21H21Cl2N3O2S/c1-4-11-26-20(14(2)28-17-8-6-16(27-3)7-9-17)24-25-21(26)29-13-15-5-10-18(22)19(23)12-15/h4-10,12,14H,1,11,13H2,2-3H3. The second kappa shape index (κ2) is 10.1. The fraction of sp³-hybridized carbons (Fsp3) is 0.238. The SMILES string of the molecule is C=CCn1c(SCc2ccc(Cl)c(Cl)c2)nnc1C(C)Oc1ccc(OC)cc1. The number of hydrogen-bond acceptors (Lipinski definition) is 5. The Balaban J connectivity index is 1.74. The van der Waals surface area contributed by atoms with E-state index in [0.717, 1.165) is 28.0 Å². The molecule has 0 radical (unpaired) electrons. The van der Waals surface area contributed by atoms with E-state index < -0.39 is 0 Å². The fourth-order valence-electron chi connectivity index (χ4n) is 2.70. The largest absolute Gasteiger partial charge is 0.497 e. The first-order chi connectivity index (χ1) is 14.0. The molecular weight excluding hydrogens is 429 g/mol. The Morgan fingerprint density at radius 2 is 1.83 bits per heavy atom. The number of methoxy groups -OCH3 is 1. The van der Waals surface area contributed by atoms with Crippen LogP contribution in [0.3, 0.4) is 0 Å². The number of nitrogens with zero attached hydrogens (tertiary/aromatic N) is 3. The molecule has 1 atom stereocenters. The van der Waals surface area contributed by atoms with Gasteiger partial charge in [0.2, 0.25) is 0 Å². The number of aromatic nitrogens is 3. The summed E-state index contributed by atoms with van der Waals surface area (Å²) in [5.41, 5.74) is 1.06. The molecule has 8 heteroatoms. The predicted molar refractivity (Wildman–Crippen MR) is 118 cm³/mol. The van der Waals surface area contributed by atoms with Crippen LogP contribution in [0.4, 0.5) is 0 Å². The lowest BCUT2D eigenvalue weighted by molar-refractivity contribution is 0.210. The van der Waals surface area contributed by atoms with Gasteiger partial charge in [0, 0.05) is 12.3 Å². The number of allylic oxidation sites excluding steroid dienone is 1. The fourth-order valence-corrected chi connectivity index (χ4v) is 3.92. The molecule has 0 aliphatic rings. The van der Waals surface area contributed by atoms with Crippen LogP contribution >= 0.6 is 35.0 Å². The van der Waals surface area contributed by atoms with Gasteiger partial charge in [-0.2, -0.15) is 0 Å². The Kier molecular flexibility index (Phi) is 7.47. The first kappa shape index (κ1) is 21.6. The monoisotopic (exact) mass is 449 g/mol. The highest BCUT2D eigenvalue weighted by Gasteiger charge is 2.19. The molecule has 0 bridgehead atoms. The van der Waals surface area contributed by atoms with Crippen LogP contribution in [0.15, 0.2) is 60.3 Å². The maximum Gasteiger partial charge on any atom is 0.191 e. The lowest BCUT2D eigenvalue weighted by Crippen LogP contribution is -2.12. The molecule has 3 rings (SSSR count). The molecule has 2 aromatic carbocycles. The van der Waals surface area contributed by atoms with Gasteiger partial charge in [-0.1, -0.05) is 47.1 Å². The van der Waals surface area contributed by atoms with E-state index >= 15 is 0 Å². The Bertz CT molecular complexity index is 977. The van der Waals surface area contributed by atoms with E-state index in [1.165, 1.54) is 0 Å². The summed E-state index contributed by atoms with van der Waals surface area (Å²) in [7, 11) is 1.63. The van der Waals surface area contributed by atoms with Gasteiger partial charge in [0.05, 0.1) is 17.2 Å². The average Bonchev–Trinajstić information content (AvgIpc) is 3.12. The first-order valence-corrected chi connectivity index (χ1v) is 10.7. The minimum atomic E-state index is -0.282.